The molecule has 0 aliphatic heterocycles. The average Bonchev–Trinajstić information content (AvgIpc) is 2.30. The zero-order valence-corrected chi connectivity index (χ0v) is 9.70. The number of nitrogens with zero attached hydrogens (tertiary/aromatic N) is 1. The molecule has 2 atom stereocenters. The molecular weight excluding hydrogens is 202 g/mol. The van der Waals surface area contributed by atoms with Crippen LogP contribution in [-0.2, 0) is 0 Å². The van der Waals surface area contributed by atoms with Crippen LogP contribution in [0.5, 0.6) is 0 Å². The Morgan fingerprint density at radius 2 is 2.31 bits per heavy atom. The molecule has 4 nitrogen and oxygen atoms in total. The summed E-state index contributed by atoms with van der Waals surface area (Å²) in [5.74, 6) is 0.730. The summed E-state index contributed by atoms with van der Waals surface area (Å²) < 4.78 is 0. The lowest BCUT2D eigenvalue weighted by molar-refractivity contribution is 0.317. The molecule has 2 rings (SSSR count). The van der Waals surface area contributed by atoms with Crippen LogP contribution in [-0.4, -0.2) is 16.2 Å². The lowest BCUT2D eigenvalue weighted by Crippen LogP contribution is -2.32. The van der Waals surface area contributed by atoms with Crippen molar-refractivity contribution < 1.29 is 0 Å². The zero-order chi connectivity index (χ0) is 11.4. The molecule has 0 amide bonds. The first-order valence-corrected chi connectivity index (χ1v) is 6.11. The van der Waals surface area contributed by atoms with Crippen LogP contribution in [0.2, 0.25) is 0 Å². The van der Waals surface area contributed by atoms with E-state index in [2.05, 4.69) is 22.4 Å². The highest BCUT2D eigenvalue weighted by Crippen LogP contribution is 2.28. The van der Waals surface area contributed by atoms with E-state index in [9.17, 15) is 4.79 Å². The van der Waals surface area contributed by atoms with Crippen molar-refractivity contribution in [3.05, 3.63) is 22.6 Å². The summed E-state index contributed by atoms with van der Waals surface area (Å²) in [4.78, 5) is 11.1. The van der Waals surface area contributed by atoms with Gasteiger partial charge in [0.2, 0.25) is 0 Å². The molecule has 0 radical (unpaired) electrons. The van der Waals surface area contributed by atoms with E-state index in [0.29, 0.717) is 6.04 Å². The van der Waals surface area contributed by atoms with Crippen LogP contribution in [0.4, 0.5) is 5.69 Å². The van der Waals surface area contributed by atoms with Gasteiger partial charge in [0.15, 0.2) is 0 Å². The molecule has 0 bridgehead atoms. The Hall–Kier alpha value is -1.32. The fraction of sp³-hybridized carbons (Fsp3) is 0.667. The molecule has 1 aliphatic carbocycles. The molecule has 16 heavy (non-hydrogen) atoms. The third-order valence-electron chi connectivity index (χ3n) is 3.45. The first-order valence-electron chi connectivity index (χ1n) is 6.11. The van der Waals surface area contributed by atoms with Gasteiger partial charge in [-0.25, -0.2) is 5.10 Å². The minimum Gasteiger partial charge on any atom is -0.381 e. The molecule has 4 heteroatoms. The van der Waals surface area contributed by atoms with E-state index in [0.717, 1.165) is 11.6 Å². The smallest absolute Gasteiger partial charge is 0.266 e. The Morgan fingerprint density at radius 1 is 1.50 bits per heavy atom. The largest absolute Gasteiger partial charge is 0.381 e. The molecule has 0 saturated heterocycles. The quantitative estimate of drug-likeness (QED) is 0.822. The zero-order valence-electron chi connectivity index (χ0n) is 9.70. The van der Waals surface area contributed by atoms with Gasteiger partial charge in [-0.2, -0.15) is 5.10 Å². The molecule has 1 fully saturated rings. The maximum Gasteiger partial charge on any atom is 0.266 e. The monoisotopic (exact) mass is 221 g/mol. The van der Waals surface area contributed by atoms with E-state index in [1.54, 1.807) is 12.3 Å². The molecule has 2 unspecified atom stereocenters. The lowest BCUT2D eigenvalue weighted by atomic mass is 9.83. The van der Waals surface area contributed by atoms with Crippen molar-refractivity contribution in [1.29, 1.82) is 0 Å². The Balaban J connectivity index is 2.05. The van der Waals surface area contributed by atoms with Crippen molar-refractivity contribution >= 4 is 5.69 Å². The van der Waals surface area contributed by atoms with Crippen molar-refractivity contribution in [2.45, 2.75) is 45.1 Å². The number of aromatic amines is 1. The van der Waals surface area contributed by atoms with Gasteiger partial charge in [0.05, 0.1) is 11.9 Å². The molecule has 0 spiro atoms. The van der Waals surface area contributed by atoms with Crippen LogP contribution >= 0.6 is 0 Å². The lowest BCUT2D eigenvalue weighted by Gasteiger charge is -2.32. The number of nitrogens with one attached hydrogen (secondary N) is 2. The van der Waals surface area contributed by atoms with Crippen LogP contribution in [0.15, 0.2) is 17.1 Å². The maximum absolute atomic E-state index is 11.1. The predicted molar refractivity (Wildman–Crippen MR) is 64.5 cm³/mol. The van der Waals surface area contributed by atoms with Crippen molar-refractivity contribution in [3.8, 4) is 0 Å². The minimum absolute atomic E-state index is 0.145. The first kappa shape index (κ1) is 11.2. The van der Waals surface area contributed by atoms with Gasteiger partial charge in [-0.05, 0) is 18.8 Å². The molecule has 1 aromatic heterocycles. The molecule has 1 saturated carbocycles. The van der Waals surface area contributed by atoms with Gasteiger partial charge in [0.1, 0.15) is 0 Å². The second-order valence-corrected chi connectivity index (χ2v) is 4.54. The number of hydrogen-bond acceptors (Lipinski definition) is 3. The Morgan fingerprint density at radius 3 is 3.06 bits per heavy atom. The standard InChI is InChI=1S/C12H19N3O/c1-2-9-5-3-4-6-11(9)14-10-7-12(16)15-13-8-10/h7-9,11H,2-6H2,1H3,(H2,14,15,16). The van der Waals surface area contributed by atoms with Gasteiger partial charge in [0, 0.05) is 12.1 Å². The van der Waals surface area contributed by atoms with E-state index in [1.807, 2.05) is 0 Å². The molecular formula is C12H19N3O. The summed E-state index contributed by atoms with van der Waals surface area (Å²) in [5.41, 5.74) is 0.697. The number of rotatable bonds is 3. The summed E-state index contributed by atoms with van der Waals surface area (Å²) >= 11 is 0. The summed E-state index contributed by atoms with van der Waals surface area (Å²) in [7, 11) is 0. The number of H-pyrrole nitrogens is 1. The molecule has 88 valence electrons. The van der Waals surface area contributed by atoms with Crippen molar-refractivity contribution in [2.24, 2.45) is 5.92 Å². The number of aromatic nitrogens is 2. The van der Waals surface area contributed by atoms with Crippen LogP contribution in [0.25, 0.3) is 0 Å². The van der Waals surface area contributed by atoms with E-state index >= 15 is 0 Å². The van der Waals surface area contributed by atoms with E-state index in [4.69, 9.17) is 0 Å². The topological polar surface area (TPSA) is 57.8 Å². The Labute approximate surface area is 95.5 Å². The highest BCUT2D eigenvalue weighted by atomic mass is 16.1. The molecule has 0 aromatic carbocycles. The van der Waals surface area contributed by atoms with E-state index in [-0.39, 0.29) is 5.56 Å². The number of anilines is 1. The van der Waals surface area contributed by atoms with E-state index in [1.165, 1.54) is 32.1 Å². The van der Waals surface area contributed by atoms with Crippen molar-refractivity contribution in [1.82, 2.24) is 10.2 Å². The predicted octanol–water partition coefficient (Wildman–Crippen LogP) is 2.15. The summed E-state index contributed by atoms with van der Waals surface area (Å²) in [5, 5.41) is 9.63. The van der Waals surface area contributed by atoms with Gasteiger partial charge in [-0.15, -0.1) is 0 Å². The van der Waals surface area contributed by atoms with Gasteiger partial charge in [-0.3, -0.25) is 4.79 Å². The van der Waals surface area contributed by atoms with Crippen LogP contribution < -0.4 is 10.9 Å². The molecule has 1 aliphatic rings. The summed E-state index contributed by atoms with van der Waals surface area (Å²) in [6.45, 7) is 2.24. The second-order valence-electron chi connectivity index (χ2n) is 4.54. The molecule has 2 N–H and O–H groups in total. The maximum atomic E-state index is 11.1. The van der Waals surface area contributed by atoms with Gasteiger partial charge >= 0.3 is 0 Å². The first-order chi connectivity index (χ1) is 7.79. The fourth-order valence-corrected chi connectivity index (χ4v) is 2.56. The Bertz CT molecular complexity index is 388. The highest BCUT2D eigenvalue weighted by Gasteiger charge is 2.23. The average molecular weight is 221 g/mol. The minimum atomic E-state index is -0.145. The fourth-order valence-electron chi connectivity index (χ4n) is 2.56. The summed E-state index contributed by atoms with van der Waals surface area (Å²) in [6, 6.07) is 2.08. The van der Waals surface area contributed by atoms with Gasteiger partial charge in [0.25, 0.3) is 5.56 Å². The van der Waals surface area contributed by atoms with Crippen LogP contribution in [0.1, 0.15) is 39.0 Å². The van der Waals surface area contributed by atoms with Crippen molar-refractivity contribution in [3.63, 3.8) is 0 Å². The highest BCUT2D eigenvalue weighted by molar-refractivity contribution is 5.40. The molecule has 1 aromatic rings. The Kier molecular flexibility index (Phi) is 3.59. The van der Waals surface area contributed by atoms with Gasteiger partial charge < -0.3 is 5.32 Å². The van der Waals surface area contributed by atoms with Gasteiger partial charge in [-0.1, -0.05) is 26.2 Å². The normalized spacial score (nSPS) is 25.3. The summed E-state index contributed by atoms with van der Waals surface area (Å²) in [6.07, 6.45) is 8.00. The third kappa shape index (κ3) is 2.62. The third-order valence-corrected chi connectivity index (χ3v) is 3.45. The SMILES string of the molecule is CCC1CCCCC1Nc1cn[nH]c(=O)c1. The van der Waals surface area contributed by atoms with E-state index < -0.39 is 0 Å². The van der Waals surface area contributed by atoms with Crippen LogP contribution in [0.3, 0.4) is 0 Å². The second kappa shape index (κ2) is 5.14. The van der Waals surface area contributed by atoms with Crippen molar-refractivity contribution in [2.75, 3.05) is 5.32 Å². The molecule has 1 heterocycles. The van der Waals surface area contributed by atoms with Crippen LogP contribution in [0, 0.1) is 5.92 Å². The number of hydrogen-bond donors (Lipinski definition) is 2.